The Morgan fingerprint density at radius 2 is 1.82 bits per heavy atom. The summed E-state index contributed by atoms with van der Waals surface area (Å²) in [5.74, 6) is -0.187. The fraction of sp³-hybridized carbons (Fsp3) is 0.250. The number of pyridine rings is 1. The Labute approximate surface area is 164 Å². The molecular formula is C20H20N4O3S. The number of nitriles is 1. The first-order valence-electron chi connectivity index (χ1n) is 8.75. The Balaban J connectivity index is 1.77. The van der Waals surface area contributed by atoms with Gasteiger partial charge in [-0.3, -0.25) is 4.79 Å². The number of nitrogens with zero attached hydrogens (tertiary/aromatic N) is 4. The minimum atomic E-state index is -3.62. The number of aryl methyl sites for hydroxylation is 1. The Kier molecular flexibility index (Phi) is 5.58. The molecule has 28 heavy (non-hydrogen) atoms. The lowest BCUT2D eigenvalue weighted by Crippen LogP contribution is -2.50. The summed E-state index contributed by atoms with van der Waals surface area (Å²) in [4.78, 5) is 17.6. The van der Waals surface area contributed by atoms with Crippen molar-refractivity contribution >= 4 is 15.9 Å². The molecule has 0 unspecified atom stereocenters. The van der Waals surface area contributed by atoms with Gasteiger partial charge in [0.15, 0.2) is 0 Å². The normalized spacial score (nSPS) is 15.1. The highest BCUT2D eigenvalue weighted by molar-refractivity contribution is 7.89. The molecule has 0 N–H and O–H groups in total. The number of carbonyl (C=O) groups excluding carboxylic acids is 1. The van der Waals surface area contributed by atoms with E-state index in [4.69, 9.17) is 5.26 Å². The molecule has 0 saturated carbocycles. The minimum Gasteiger partial charge on any atom is -0.337 e. The molecule has 1 aliphatic rings. The van der Waals surface area contributed by atoms with Crippen LogP contribution in [0, 0.1) is 18.3 Å². The number of aromatic nitrogens is 1. The summed E-state index contributed by atoms with van der Waals surface area (Å²) in [5.41, 5.74) is 2.78. The van der Waals surface area contributed by atoms with Crippen molar-refractivity contribution in [3.63, 3.8) is 0 Å². The molecule has 0 spiro atoms. The topological polar surface area (TPSA) is 94.4 Å². The van der Waals surface area contributed by atoms with Gasteiger partial charge in [-0.15, -0.1) is 0 Å². The lowest BCUT2D eigenvalue weighted by atomic mass is 10.1. The van der Waals surface area contributed by atoms with Crippen molar-refractivity contribution in [1.29, 1.82) is 5.26 Å². The third-order valence-corrected chi connectivity index (χ3v) is 6.65. The van der Waals surface area contributed by atoms with E-state index in [2.05, 4.69) is 11.6 Å². The summed E-state index contributed by atoms with van der Waals surface area (Å²) in [7, 11) is -3.62. The summed E-state index contributed by atoms with van der Waals surface area (Å²) in [6, 6.07) is 10.5. The summed E-state index contributed by atoms with van der Waals surface area (Å²) >= 11 is 0. The predicted molar refractivity (Wildman–Crippen MR) is 105 cm³/mol. The SMILES string of the molecule is C=CC(=O)N1CCN(S(=O)(=O)c2ccc(-c3cnc(C#N)c(C)c3)cc2)CC1. The zero-order chi connectivity index (χ0) is 20.3. The van der Waals surface area contributed by atoms with Crippen LogP contribution in [0.25, 0.3) is 11.1 Å². The molecule has 3 rings (SSSR count). The first-order chi connectivity index (χ1) is 13.4. The van der Waals surface area contributed by atoms with Crippen LogP contribution in [0.4, 0.5) is 0 Å². The first kappa shape index (κ1) is 19.7. The quantitative estimate of drug-likeness (QED) is 0.736. The van der Waals surface area contributed by atoms with Gasteiger partial charge in [0, 0.05) is 37.9 Å². The zero-order valence-electron chi connectivity index (χ0n) is 15.5. The molecule has 1 aromatic carbocycles. The van der Waals surface area contributed by atoms with Crippen molar-refractivity contribution in [2.75, 3.05) is 26.2 Å². The molecule has 1 aliphatic heterocycles. The molecule has 0 atom stereocenters. The van der Waals surface area contributed by atoms with E-state index in [1.54, 1.807) is 35.4 Å². The Morgan fingerprint density at radius 3 is 2.36 bits per heavy atom. The first-order valence-corrected chi connectivity index (χ1v) is 10.2. The van der Waals surface area contributed by atoms with E-state index in [-0.39, 0.29) is 23.9 Å². The van der Waals surface area contributed by atoms with Gasteiger partial charge in [-0.1, -0.05) is 18.7 Å². The molecule has 0 bridgehead atoms. The van der Waals surface area contributed by atoms with Crippen LogP contribution in [0.5, 0.6) is 0 Å². The van der Waals surface area contributed by atoms with Gasteiger partial charge >= 0.3 is 0 Å². The van der Waals surface area contributed by atoms with Crippen molar-refractivity contribution in [2.45, 2.75) is 11.8 Å². The predicted octanol–water partition coefficient (Wildman–Crippen LogP) is 1.95. The van der Waals surface area contributed by atoms with E-state index < -0.39 is 10.0 Å². The van der Waals surface area contributed by atoms with Gasteiger partial charge in [0.2, 0.25) is 15.9 Å². The van der Waals surface area contributed by atoms with Crippen LogP contribution >= 0.6 is 0 Å². The van der Waals surface area contributed by atoms with E-state index >= 15 is 0 Å². The second-order valence-corrected chi connectivity index (χ2v) is 8.40. The molecule has 0 radical (unpaired) electrons. The summed E-state index contributed by atoms with van der Waals surface area (Å²) < 4.78 is 27.1. The molecule has 1 aromatic heterocycles. The molecule has 1 amide bonds. The van der Waals surface area contributed by atoms with Crippen LogP contribution in [0.15, 0.2) is 54.1 Å². The molecule has 144 valence electrons. The molecular weight excluding hydrogens is 376 g/mol. The van der Waals surface area contributed by atoms with Gasteiger partial charge in [0.25, 0.3) is 0 Å². The van der Waals surface area contributed by atoms with E-state index in [1.807, 2.05) is 19.1 Å². The third kappa shape index (κ3) is 3.81. The highest BCUT2D eigenvalue weighted by atomic mass is 32.2. The van der Waals surface area contributed by atoms with Gasteiger partial charge in [0.1, 0.15) is 11.8 Å². The van der Waals surface area contributed by atoms with E-state index in [0.29, 0.717) is 18.8 Å². The fourth-order valence-electron chi connectivity index (χ4n) is 3.10. The van der Waals surface area contributed by atoms with Crippen LogP contribution in [0.2, 0.25) is 0 Å². The number of sulfonamides is 1. The lowest BCUT2D eigenvalue weighted by molar-refractivity contribution is -0.127. The maximum Gasteiger partial charge on any atom is 0.246 e. The summed E-state index contributed by atoms with van der Waals surface area (Å²) in [6.07, 6.45) is 2.84. The minimum absolute atomic E-state index is 0.187. The van der Waals surface area contributed by atoms with Gasteiger partial charge in [0.05, 0.1) is 4.90 Å². The molecule has 0 aliphatic carbocycles. The number of amides is 1. The number of carbonyl (C=O) groups is 1. The second kappa shape index (κ2) is 7.92. The number of benzene rings is 1. The number of hydrogen-bond acceptors (Lipinski definition) is 5. The fourth-order valence-corrected chi connectivity index (χ4v) is 4.52. The van der Waals surface area contributed by atoms with Crippen molar-refractivity contribution in [3.8, 4) is 17.2 Å². The average molecular weight is 396 g/mol. The average Bonchev–Trinajstić information content (AvgIpc) is 2.73. The van der Waals surface area contributed by atoms with Gasteiger partial charge < -0.3 is 4.90 Å². The molecule has 1 saturated heterocycles. The highest BCUT2D eigenvalue weighted by Gasteiger charge is 2.29. The maximum atomic E-state index is 12.9. The van der Waals surface area contributed by atoms with Gasteiger partial charge in [-0.2, -0.15) is 9.57 Å². The van der Waals surface area contributed by atoms with Crippen molar-refractivity contribution in [1.82, 2.24) is 14.2 Å². The molecule has 1 fully saturated rings. The van der Waals surface area contributed by atoms with E-state index in [1.165, 1.54) is 10.4 Å². The van der Waals surface area contributed by atoms with E-state index in [0.717, 1.165) is 16.7 Å². The maximum absolute atomic E-state index is 12.9. The Bertz CT molecular complexity index is 1050. The standard InChI is InChI=1S/C20H20N4O3S/c1-3-20(25)23-8-10-24(11-9-23)28(26,27)18-6-4-16(5-7-18)17-12-15(2)19(13-21)22-14-17/h3-7,12,14H,1,8-11H2,2H3. The molecule has 8 heteroatoms. The van der Waals surface area contributed by atoms with Crippen LogP contribution in [-0.2, 0) is 14.8 Å². The van der Waals surface area contributed by atoms with Crippen LogP contribution in [0.1, 0.15) is 11.3 Å². The number of rotatable bonds is 4. The number of piperazine rings is 1. The van der Waals surface area contributed by atoms with Crippen molar-refractivity contribution in [2.24, 2.45) is 0 Å². The Morgan fingerprint density at radius 1 is 1.18 bits per heavy atom. The van der Waals surface area contributed by atoms with Crippen LogP contribution in [-0.4, -0.2) is 54.7 Å². The Hall–Kier alpha value is -3.02. The van der Waals surface area contributed by atoms with Crippen LogP contribution < -0.4 is 0 Å². The largest absolute Gasteiger partial charge is 0.337 e. The van der Waals surface area contributed by atoms with Crippen molar-refractivity contribution < 1.29 is 13.2 Å². The number of hydrogen-bond donors (Lipinski definition) is 0. The lowest BCUT2D eigenvalue weighted by Gasteiger charge is -2.33. The molecule has 7 nitrogen and oxygen atoms in total. The highest BCUT2D eigenvalue weighted by Crippen LogP contribution is 2.24. The van der Waals surface area contributed by atoms with Crippen molar-refractivity contribution in [3.05, 3.63) is 60.4 Å². The second-order valence-electron chi connectivity index (χ2n) is 6.46. The smallest absolute Gasteiger partial charge is 0.246 e. The summed E-state index contributed by atoms with van der Waals surface area (Å²) in [6.45, 7) is 6.46. The van der Waals surface area contributed by atoms with Crippen LogP contribution in [0.3, 0.4) is 0 Å². The third-order valence-electron chi connectivity index (χ3n) is 4.73. The van der Waals surface area contributed by atoms with E-state index in [9.17, 15) is 13.2 Å². The molecule has 2 aromatic rings. The zero-order valence-corrected chi connectivity index (χ0v) is 16.3. The summed E-state index contributed by atoms with van der Waals surface area (Å²) in [5, 5.41) is 8.98. The van der Waals surface area contributed by atoms with Gasteiger partial charge in [-0.25, -0.2) is 13.4 Å². The monoisotopic (exact) mass is 396 g/mol. The van der Waals surface area contributed by atoms with Gasteiger partial charge in [-0.05, 0) is 42.3 Å². The molecule has 2 heterocycles.